The Kier molecular flexibility index (Phi) is 2.95. The van der Waals surface area contributed by atoms with Crippen LogP contribution >= 0.6 is 0 Å². The number of aromatic nitrogens is 2. The highest BCUT2D eigenvalue weighted by atomic mass is 15.3. The van der Waals surface area contributed by atoms with Gasteiger partial charge in [0.05, 0.1) is 6.20 Å². The molecule has 0 aliphatic heterocycles. The summed E-state index contributed by atoms with van der Waals surface area (Å²) >= 11 is 0. The van der Waals surface area contributed by atoms with Gasteiger partial charge in [0, 0.05) is 31.4 Å². The maximum absolute atomic E-state index is 4.34. The van der Waals surface area contributed by atoms with Gasteiger partial charge in [0.15, 0.2) is 0 Å². The Morgan fingerprint density at radius 3 is 2.30 bits per heavy atom. The van der Waals surface area contributed by atoms with Crippen molar-refractivity contribution in [1.29, 1.82) is 0 Å². The number of hydrogen-bond acceptors (Lipinski definition) is 2. The standard InChI is InChI=1S/C17H27N3/c1-12-16(10-19-20(12)2)9-18-11-17-6-13-3-14(7-17)5-15(4-13)8-17/h10,13-15,18H,3-9,11H2,1-2H3. The second kappa shape index (κ2) is 4.59. The summed E-state index contributed by atoms with van der Waals surface area (Å²) in [7, 11) is 2.03. The lowest BCUT2D eigenvalue weighted by atomic mass is 9.49. The van der Waals surface area contributed by atoms with Crippen LogP contribution in [0.3, 0.4) is 0 Å². The molecular formula is C17H27N3. The SMILES string of the molecule is Cc1c(CNCC23CC4CC(CC(C4)C2)C3)cnn1C. The highest BCUT2D eigenvalue weighted by Crippen LogP contribution is 2.59. The average molecular weight is 273 g/mol. The first-order chi connectivity index (χ1) is 9.63. The van der Waals surface area contributed by atoms with Crippen LogP contribution in [-0.2, 0) is 13.6 Å². The third-order valence-electron chi connectivity index (χ3n) is 6.32. The van der Waals surface area contributed by atoms with Crippen molar-refractivity contribution in [2.24, 2.45) is 30.2 Å². The zero-order valence-electron chi connectivity index (χ0n) is 12.9. The predicted molar refractivity (Wildman–Crippen MR) is 80.3 cm³/mol. The second-order valence-electron chi connectivity index (χ2n) is 7.90. The Morgan fingerprint density at radius 2 is 1.80 bits per heavy atom. The highest BCUT2D eigenvalue weighted by Gasteiger charge is 2.50. The minimum absolute atomic E-state index is 0.644. The summed E-state index contributed by atoms with van der Waals surface area (Å²) in [5.41, 5.74) is 3.30. The molecule has 0 atom stereocenters. The van der Waals surface area contributed by atoms with Crippen molar-refractivity contribution in [3.05, 3.63) is 17.5 Å². The van der Waals surface area contributed by atoms with Crippen LogP contribution in [-0.4, -0.2) is 16.3 Å². The summed E-state index contributed by atoms with van der Waals surface area (Å²) in [5.74, 6) is 3.18. The van der Waals surface area contributed by atoms with Crippen molar-refractivity contribution in [2.45, 2.75) is 52.0 Å². The number of nitrogens with one attached hydrogen (secondary N) is 1. The molecule has 4 saturated carbocycles. The number of aryl methyl sites for hydroxylation is 1. The third-order valence-corrected chi connectivity index (χ3v) is 6.32. The molecule has 0 radical (unpaired) electrons. The van der Waals surface area contributed by atoms with Gasteiger partial charge in [0.1, 0.15) is 0 Å². The molecule has 4 bridgehead atoms. The van der Waals surface area contributed by atoms with Gasteiger partial charge in [-0.25, -0.2) is 0 Å². The van der Waals surface area contributed by atoms with E-state index in [9.17, 15) is 0 Å². The predicted octanol–water partition coefficient (Wildman–Crippen LogP) is 3.03. The van der Waals surface area contributed by atoms with E-state index in [0.717, 1.165) is 24.3 Å². The first-order valence-electron chi connectivity index (χ1n) is 8.32. The average Bonchev–Trinajstić information content (AvgIpc) is 2.69. The minimum atomic E-state index is 0.644. The van der Waals surface area contributed by atoms with E-state index in [1.165, 1.54) is 37.1 Å². The molecule has 0 unspecified atom stereocenters. The van der Waals surface area contributed by atoms with E-state index in [0.29, 0.717) is 5.41 Å². The molecule has 1 heterocycles. The van der Waals surface area contributed by atoms with Crippen molar-refractivity contribution < 1.29 is 0 Å². The molecule has 1 aromatic rings. The quantitative estimate of drug-likeness (QED) is 0.914. The molecule has 20 heavy (non-hydrogen) atoms. The lowest BCUT2D eigenvalue weighted by molar-refractivity contribution is -0.0514. The smallest absolute Gasteiger partial charge is 0.0537 e. The molecule has 1 N–H and O–H groups in total. The lowest BCUT2D eigenvalue weighted by Crippen LogP contribution is -2.50. The molecule has 110 valence electrons. The number of hydrogen-bond donors (Lipinski definition) is 1. The van der Waals surface area contributed by atoms with Crippen molar-refractivity contribution in [3.8, 4) is 0 Å². The Hall–Kier alpha value is -0.830. The van der Waals surface area contributed by atoms with Gasteiger partial charge >= 0.3 is 0 Å². The maximum Gasteiger partial charge on any atom is 0.0537 e. The summed E-state index contributed by atoms with van der Waals surface area (Å²) in [6, 6.07) is 0. The van der Waals surface area contributed by atoms with Gasteiger partial charge in [-0.1, -0.05) is 0 Å². The molecule has 0 saturated heterocycles. The minimum Gasteiger partial charge on any atom is -0.312 e. The fraction of sp³-hybridized carbons (Fsp3) is 0.824. The van der Waals surface area contributed by atoms with Crippen LogP contribution in [0.5, 0.6) is 0 Å². The van der Waals surface area contributed by atoms with E-state index in [4.69, 9.17) is 0 Å². The van der Waals surface area contributed by atoms with Gasteiger partial charge in [-0.15, -0.1) is 0 Å². The van der Waals surface area contributed by atoms with E-state index in [1.54, 1.807) is 19.3 Å². The fourth-order valence-electron chi connectivity index (χ4n) is 5.69. The number of rotatable bonds is 4. The van der Waals surface area contributed by atoms with Crippen molar-refractivity contribution in [3.63, 3.8) is 0 Å². The van der Waals surface area contributed by atoms with Crippen LogP contribution in [0.1, 0.15) is 49.8 Å². The molecule has 5 rings (SSSR count). The normalized spacial score (nSPS) is 38.6. The Labute approximate surface area is 122 Å². The zero-order valence-corrected chi connectivity index (χ0v) is 12.9. The largest absolute Gasteiger partial charge is 0.312 e. The lowest BCUT2D eigenvalue weighted by Gasteiger charge is -2.57. The topological polar surface area (TPSA) is 29.9 Å². The van der Waals surface area contributed by atoms with Crippen LogP contribution < -0.4 is 5.32 Å². The molecule has 4 fully saturated rings. The molecular weight excluding hydrogens is 246 g/mol. The molecule has 0 spiro atoms. The van der Waals surface area contributed by atoms with E-state index >= 15 is 0 Å². The monoisotopic (exact) mass is 273 g/mol. The Morgan fingerprint density at radius 1 is 1.20 bits per heavy atom. The zero-order chi connectivity index (χ0) is 13.7. The second-order valence-corrected chi connectivity index (χ2v) is 7.90. The summed E-state index contributed by atoms with van der Waals surface area (Å²) in [6.45, 7) is 4.38. The van der Waals surface area contributed by atoms with Crippen molar-refractivity contribution in [2.75, 3.05) is 6.54 Å². The van der Waals surface area contributed by atoms with Gasteiger partial charge in [-0.05, 0) is 68.6 Å². The van der Waals surface area contributed by atoms with Gasteiger partial charge in [0.2, 0.25) is 0 Å². The van der Waals surface area contributed by atoms with E-state index in [2.05, 4.69) is 17.3 Å². The van der Waals surface area contributed by atoms with E-state index in [1.807, 2.05) is 17.9 Å². The molecule has 3 nitrogen and oxygen atoms in total. The van der Waals surface area contributed by atoms with Crippen LogP contribution in [0.15, 0.2) is 6.20 Å². The summed E-state index contributed by atoms with van der Waals surface area (Å²) < 4.78 is 1.97. The Bertz CT molecular complexity index is 467. The van der Waals surface area contributed by atoms with Crippen LogP contribution in [0.4, 0.5) is 0 Å². The first kappa shape index (κ1) is 12.9. The maximum atomic E-state index is 4.34. The van der Waals surface area contributed by atoms with Gasteiger partial charge in [-0.3, -0.25) is 4.68 Å². The van der Waals surface area contributed by atoms with E-state index < -0.39 is 0 Å². The molecule has 4 aliphatic rings. The van der Waals surface area contributed by atoms with Crippen LogP contribution in [0, 0.1) is 30.1 Å². The molecule has 3 heteroatoms. The summed E-state index contributed by atoms with van der Waals surface area (Å²) in [5, 5.41) is 8.10. The summed E-state index contributed by atoms with van der Waals surface area (Å²) in [4.78, 5) is 0. The van der Waals surface area contributed by atoms with Gasteiger partial charge < -0.3 is 5.32 Å². The van der Waals surface area contributed by atoms with Gasteiger partial charge in [-0.2, -0.15) is 5.10 Å². The third kappa shape index (κ3) is 2.11. The number of nitrogens with zero attached hydrogens (tertiary/aromatic N) is 2. The molecule has 0 amide bonds. The molecule has 1 aromatic heterocycles. The van der Waals surface area contributed by atoms with Crippen LogP contribution in [0.2, 0.25) is 0 Å². The fourth-order valence-corrected chi connectivity index (χ4v) is 5.69. The Balaban J connectivity index is 1.39. The van der Waals surface area contributed by atoms with Crippen molar-refractivity contribution >= 4 is 0 Å². The van der Waals surface area contributed by atoms with E-state index in [-0.39, 0.29) is 0 Å². The molecule has 4 aliphatic carbocycles. The summed E-state index contributed by atoms with van der Waals surface area (Å²) in [6.07, 6.45) is 11.1. The van der Waals surface area contributed by atoms with Crippen molar-refractivity contribution in [1.82, 2.24) is 15.1 Å². The van der Waals surface area contributed by atoms with Crippen LogP contribution in [0.25, 0.3) is 0 Å². The highest BCUT2D eigenvalue weighted by molar-refractivity contribution is 5.15. The molecule has 0 aromatic carbocycles. The first-order valence-corrected chi connectivity index (χ1v) is 8.32. The van der Waals surface area contributed by atoms with Gasteiger partial charge in [0.25, 0.3) is 0 Å².